The van der Waals surface area contributed by atoms with Gasteiger partial charge < -0.3 is 23.2 Å². The van der Waals surface area contributed by atoms with Crippen LogP contribution in [0.3, 0.4) is 0 Å². The van der Waals surface area contributed by atoms with Crippen LogP contribution in [0.15, 0.2) is 24.3 Å². The summed E-state index contributed by atoms with van der Waals surface area (Å²) < 4.78 is 29.1. The van der Waals surface area contributed by atoms with Crippen LogP contribution in [-0.4, -0.2) is 57.3 Å². The summed E-state index contributed by atoms with van der Waals surface area (Å²) in [5.74, 6) is 0.787. The van der Waals surface area contributed by atoms with Crippen LogP contribution in [0.1, 0.15) is 103 Å². The van der Waals surface area contributed by atoms with E-state index in [1.54, 1.807) is 0 Å². The Morgan fingerprint density at radius 2 is 1.51 bits per heavy atom. The molecule has 0 bridgehead atoms. The molecule has 0 radical (unpaired) electrons. The van der Waals surface area contributed by atoms with Gasteiger partial charge in [-0.1, -0.05) is 77.3 Å². The van der Waals surface area contributed by atoms with Crippen LogP contribution >= 0.6 is 7.82 Å². The lowest BCUT2D eigenvalue weighted by Crippen LogP contribution is -2.41. The van der Waals surface area contributed by atoms with E-state index >= 15 is 0 Å². The van der Waals surface area contributed by atoms with Gasteiger partial charge in [0.15, 0.2) is 0 Å². The molecule has 0 spiro atoms. The molecule has 0 aromatic heterocycles. The smallest absolute Gasteiger partial charge is 0.268 e. The number of quaternary nitrogens is 1. The van der Waals surface area contributed by atoms with Gasteiger partial charge in [0.2, 0.25) is 0 Å². The molecule has 0 fully saturated rings. The highest BCUT2D eigenvalue weighted by Crippen LogP contribution is 2.39. The van der Waals surface area contributed by atoms with Crippen molar-refractivity contribution in [2.45, 2.75) is 104 Å². The zero-order valence-electron chi connectivity index (χ0n) is 25.5. The second-order valence-electron chi connectivity index (χ2n) is 11.4. The topological polar surface area (TPSA) is 84.9 Å². The second-order valence-corrected chi connectivity index (χ2v) is 12.8. The van der Waals surface area contributed by atoms with E-state index in [-0.39, 0.29) is 24.9 Å². The Hall–Kier alpha value is -1.24. The average molecular weight is 570 g/mol. The predicted octanol–water partition coefficient (Wildman–Crippen LogP) is 7.11. The highest BCUT2D eigenvalue weighted by Gasteiger charge is 2.19. The molecule has 0 aliphatic heterocycles. The fraction of sp³-hybridized carbons (Fsp3) is 0.774. The van der Waals surface area contributed by atoms with Crippen LogP contribution in [0.4, 0.5) is 0 Å². The average Bonchev–Trinajstić information content (AvgIpc) is 2.91. The normalized spacial score (nSPS) is 14.2. The predicted molar refractivity (Wildman–Crippen MR) is 158 cm³/mol. The van der Waals surface area contributed by atoms with Gasteiger partial charge >= 0.3 is 0 Å². The summed E-state index contributed by atoms with van der Waals surface area (Å²) in [7, 11) is -0.377. The number of likely N-dealkylation sites (N-methyl/N-ethyl adjacent to an activating group) is 1. The van der Waals surface area contributed by atoms with Gasteiger partial charge in [0, 0.05) is 12.8 Å². The Kier molecular flexibility index (Phi) is 18.9. The molecule has 7 nitrogen and oxygen atoms in total. The van der Waals surface area contributed by atoms with Crippen molar-refractivity contribution in [1.82, 2.24) is 0 Å². The number of ether oxygens (including phenoxy) is 1. The first-order valence-electron chi connectivity index (χ1n) is 15.3. The molecule has 39 heavy (non-hydrogen) atoms. The number of ketones is 1. The first kappa shape index (κ1) is 35.8. The molecule has 0 heterocycles. The van der Waals surface area contributed by atoms with Gasteiger partial charge in [0.1, 0.15) is 24.7 Å². The summed E-state index contributed by atoms with van der Waals surface area (Å²) in [6.45, 7) is 8.34. The van der Waals surface area contributed by atoms with Gasteiger partial charge in [-0.3, -0.25) is 9.36 Å². The highest BCUT2D eigenvalue weighted by atomic mass is 31.2. The van der Waals surface area contributed by atoms with Crippen molar-refractivity contribution in [3.63, 3.8) is 0 Å². The Balaban J connectivity index is 2.39. The third-order valence-electron chi connectivity index (χ3n) is 7.46. The number of rotatable bonds is 25. The Morgan fingerprint density at radius 1 is 0.897 bits per heavy atom. The minimum Gasteiger partial charge on any atom is -0.756 e. The van der Waals surface area contributed by atoms with Crippen molar-refractivity contribution in [1.29, 1.82) is 0 Å². The third-order valence-corrected chi connectivity index (χ3v) is 8.43. The van der Waals surface area contributed by atoms with E-state index in [0.29, 0.717) is 30.3 Å². The van der Waals surface area contributed by atoms with E-state index in [1.807, 2.05) is 52.2 Å². The molecule has 0 saturated heterocycles. The second kappa shape index (κ2) is 20.6. The molecule has 1 aromatic carbocycles. The molecule has 1 aromatic rings. The number of unbranched alkanes of at least 4 members (excludes halogenated alkanes) is 8. The molecule has 0 amide bonds. The van der Waals surface area contributed by atoms with E-state index in [1.165, 1.54) is 51.4 Å². The molecule has 0 aliphatic rings. The van der Waals surface area contributed by atoms with Crippen molar-refractivity contribution < 1.29 is 32.5 Å². The SMILES string of the molecule is CCCCCCCCCCCOc1ccc(CCC(COP(=O)([O-])OCC[N+](C)(C)CC)CC(=O)CC)cc1. The molecule has 0 saturated carbocycles. The van der Waals surface area contributed by atoms with Crippen molar-refractivity contribution in [3.8, 4) is 5.75 Å². The molecule has 1 rings (SSSR count). The van der Waals surface area contributed by atoms with Gasteiger partial charge in [-0.15, -0.1) is 0 Å². The fourth-order valence-electron chi connectivity index (χ4n) is 4.23. The molecule has 2 atom stereocenters. The molecular formula is C31H56NO6P. The number of phosphoric ester groups is 1. The Morgan fingerprint density at radius 3 is 2.10 bits per heavy atom. The molecule has 8 heteroatoms. The van der Waals surface area contributed by atoms with Gasteiger partial charge in [0.25, 0.3) is 7.82 Å². The van der Waals surface area contributed by atoms with E-state index < -0.39 is 7.82 Å². The van der Waals surface area contributed by atoms with E-state index in [2.05, 4.69) is 6.92 Å². The minimum absolute atomic E-state index is 0.0432. The number of benzene rings is 1. The standard InChI is InChI=1S/C31H56NO6P/c1-6-9-10-11-12-13-14-15-16-24-36-31-21-19-28(20-22-31)17-18-29(26-30(33)7-2)27-38-39(34,35)37-25-23-32(4,5)8-3/h19-22,29H,6-18,23-27H2,1-5H3. The van der Waals surface area contributed by atoms with E-state index in [9.17, 15) is 14.3 Å². The van der Waals surface area contributed by atoms with E-state index in [4.69, 9.17) is 13.8 Å². The van der Waals surface area contributed by atoms with Crippen molar-refractivity contribution in [2.24, 2.45) is 5.92 Å². The molecular weight excluding hydrogens is 513 g/mol. The van der Waals surface area contributed by atoms with Crippen LogP contribution in [0.2, 0.25) is 0 Å². The highest BCUT2D eigenvalue weighted by molar-refractivity contribution is 7.45. The Bertz CT molecular complexity index is 814. The summed E-state index contributed by atoms with van der Waals surface area (Å²) in [4.78, 5) is 24.4. The zero-order valence-corrected chi connectivity index (χ0v) is 26.4. The number of carbonyl (C=O) groups excluding carboxylic acids is 1. The Labute approximate surface area is 238 Å². The summed E-state index contributed by atoms with van der Waals surface area (Å²) >= 11 is 0. The largest absolute Gasteiger partial charge is 0.756 e. The lowest BCUT2D eigenvalue weighted by Gasteiger charge is -2.30. The summed E-state index contributed by atoms with van der Waals surface area (Å²) in [5.41, 5.74) is 1.13. The molecule has 226 valence electrons. The maximum Gasteiger partial charge on any atom is 0.268 e. The first-order valence-corrected chi connectivity index (χ1v) is 16.7. The quantitative estimate of drug-likeness (QED) is 0.0709. The minimum atomic E-state index is -4.41. The van der Waals surface area contributed by atoms with Gasteiger partial charge in [0.05, 0.1) is 33.9 Å². The van der Waals surface area contributed by atoms with Gasteiger partial charge in [-0.2, -0.15) is 0 Å². The molecule has 0 N–H and O–H groups in total. The van der Waals surface area contributed by atoms with Crippen molar-refractivity contribution in [2.75, 3.05) is 47.0 Å². The monoisotopic (exact) mass is 569 g/mol. The summed E-state index contributed by atoms with van der Waals surface area (Å²) in [5, 5.41) is 0. The molecule has 2 unspecified atom stereocenters. The number of hydrogen-bond donors (Lipinski definition) is 0. The molecule has 0 aliphatic carbocycles. The maximum absolute atomic E-state index is 12.3. The zero-order chi connectivity index (χ0) is 29.0. The number of hydrogen-bond acceptors (Lipinski definition) is 6. The van der Waals surface area contributed by atoms with E-state index in [0.717, 1.165) is 37.3 Å². The van der Waals surface area contributed by atoms with Crippen LogP contribution in [0.5, 0.6) is 5.75 Å². The number of Topliss-reactive ketones (excluding diaryl/α,β-unsaturated/α-hetero) is 1. The van der Waals surface area contributed by atoms with Crippen LogP contribution in [0, 0.1) is 5.92 Å². The summed E-state index contributed by atoms with van der Waals surface area (Å²) in [6, 6.07) is 8.06. The van der Waals surface area contributed by atoms with Crippen molar-refractivity contribution >= 4 is 13.6 Å². The summed E-state index contributed by atoms with van der Waals surface area (Å²) in [6.07, 6.45) is 13.8. The number of carbonyl (C=O) groups is 1. The maximum atomic E-state index is 12.3. The van der Waals surface area contributed by atoms with Crippen LogP contribution < -0.4 is 9.63 Å². The lowest BCUT2D eigenvalue weighted by atomic mass is 9.94. The third kappa shape index (κ3) is 18.7. The fourth-order valence-corrected chi connectivity index (χ4v) is 5.00. The van der Waals surface area contributed by atoms with Gasteiger partial charge in [-0.25, -0.2) is 0 Å². The first-order chi connectivity index (χ1) is 18.6. The number of phosphoric acid groups is 1. The lowest BCUT2D eigenvalue weighted by molar-refractivity contribution is -0.888. The van der Waals surface area contributed by atoms with Crippen molar-refractivity contribution in [3.05, 3.63) is 29.8 Å². The number of nitrogens with zero attached hydrogens (tertiary/aromatic N) is 1. The van der Waals surface area contributed by atoms with Crippen LogP contribution in [-0.2, 0) is 24.8 Å². The number of aryl methyl sites for hydroxylation is 1. The van der Waals surface area contributed by atoms with Gasteiger partial charge in [-0.05, 0) is 49.8 Å². The van der Waals surface area contributed by atoms with Crippen LogP contribution in [0.25, 0.3) is 0 Å².